The molecule has 1 amide bonds. The van der Waals surface area contributed by atoms with Gasteiger partial charge in [0.2, 0.25) is 0 Å². The van der Waals surface area contributed by atoms with Gasteiger partial charge in [-0.15, -0.1) is 0 Å². The third kappa shape index (κ3) is 4.01. The first-order valence-electron chi connectivity index (χ1n) is 7.36. The summed E-state index contributed by atoms with van der Waals surface area (Å²) in [6.07, 6.45) is -7.52. The van der Waals surface area contributed by atoms with E-state index in [-0.39, 0.29) is 6.61 Å². The normalized spacial score (nSPS) is 33.0. The van der Waals surface area contributed by atoms with Crippen LogP contribution in [0, 0.1) is 0 Å². The summed E-state index contributed by atoms with van der Waals surface area (Å²) in [4.78, 5) is 11.7. The van der Waals surface area contributed by atoms with Crippen LogP contribution in [0.4, 0.5) is 4.79 Å². The van der Waals surface area contributed by atoms with Gasteiger partial charge in [-0.3, -0.25) is 0 Å². The number of carbonyl (C=O) groups is 1. The fourth-order valence-electron chi connectivity index (χ4n) is 2.34. The molecular weight excluding hydrogens is 322 g/mol. The van der Waals surface area contributed by atoms with Gasteiger partial charge in [-0.05, 0) is 5.56 Å². The average molecular weight is 343 g/mol. The Kier molecular flexibility index (Phi) is 6.10. The number of ether oxygens (including phenoxy) is 2. The molecule has 6 N–H and O–H groups in total. The van der Waals surface area contributed by atoms with Gasteiger partial charge in [0.15, 0.2) is 11.9 Å². The maximum absolute atomic E-state index is 11.7. The molecule has 0 aromatic heterocycles. The number of amides is 1. The molecule has 1 aliphatic rings. The third-order valence-corrected chi connectivity index (χ3v) is 3.86. The summed E-state index contributed by atoms with van der Waals surface area (Å²) in [5.41, 5.74) is -1.59. The minimum Gasteiger partial charge on any atom is -0.445 e. The van der Waals surface area contributed by atoms with E-state index < -0.39 is 49.4 Å². The second-order valence-electron chi connectivity index (χ2n) is 5.55. The van der Waals surface area contributed by atoms with Crippen LogP contribution in [0.5, 0.6) is 0 Å². The lowest BCUT2D eigenvalue weighted by Crippen LogP contribution is -2.70. The van der Waals surface area contributed by atoms with Gasteiger partial charge in [0.05, 0.1) is 13.2 Å². The molecule has 5 atom stereocenters. The van der Waals surface area contributed by atoms with E-state index in [0.29, 0.717) is 0 Å². The summed E-state index contributed by atoms with van der Waals surface area (Å²) < 4.78 is 9.78. The molecule has 0 radical (unpaired) electrons. The number of rotatable bonds is 5. The molecule has 0 saturated carbocycles. The van der Waals surface area contributed by atoms with Crippen molar-refractivity contribution in [2.75, 3.05) is 13.2 Å². The number of hydrogen-bond acceptors (Lipinski definition) is 8. The second kappa shape index (κ2) is 7.88. The first-order chi connectivity index (χ1) is 11.4. The topological polar surface area (TPSA) is 149 Å². The zero-order valence-electron chi connectivity index (χ0n) is 12.8. The van der Waals surface area contributed by atoms with Crippen molar-refractivity contribution in [2.24, 2.45) is 0 Å². The zero-order valence-corrected chi connectivity index (χ0v) is 12.8. The van der Waals surface area contributed by atoms with E-state index in [1.165, 1.54) is 0 Å². The maximum atomic E-state index is 11.7. The van der Waals surface area contributed by atoms with Crippen LogP contribution in [-0.4, -0.2) is 75.0 Å². The molecule has 2 rings (SSSR count). The first kappa shape index (κ1) is 18.6. The first-order valence-corrected chi connectivity index (χ1v) is 7.36. The van der Waals surface area contributed by atoms with Crippen molar-refractivity contribution < 1.29 is 39.8 Å². The second-order valence-corrected chi connectivity index (χ2v) is 5.55. The molecule has 0 spiro atoms. The van der Waals surface area contributed by atoms with E-state index in [4.69, 9.17) is 14.6 Å². The molecule has 1 heterocycles. The molecule has 0 bridgehead atoms. The molecule has 1 aromatic carbocycles. The van der Waals surface area contributed by atoms with Gasteiger partial charge in [0.25, 0.3) is 0 Å². The van der Waals surface area contributed by atoms with Crippen LogP contribution in [0.25, 0.3) is 0 Å². The van der Waals surface area contributed by atoms with Crippen molar-refractivity contribution >= 4 is 6.09 Å². The van der Waals surface area contributed by atoms with Crippen LogP contribution >= 0.6 is 0 Å². The molecule has 0 unspecified atom stereocenters. The molecule has 9 nitrogen and oxygen atoms in total. The predicted molar refractivity (Wildman–Crippen MR) is 79.6 cm³/mol. The van der Waals surface area contributed by atoms with Crippen molar-refractivity contribution in [1.29, 1.82) is 0 Å². The molecule has 1 saturated heterocycles. The highest BCUT2D eigenvalue weighted by molar-refractivity contribution is 5.67. The fourth-order valence-corrected chi connectivity index (χ4v) is 2.34. The number of hydrogen-bond donors (Lipinski definition) is 6. The van der Waals surface area contributed by atoms with Crippen molar-refractivity contribution in [1.82, 2.24) is 5.32 Å². The minimum absolute atomic E-state index is 0.00191. The number of benzene rings is 1. The quantitative estimate of drug-likeness (QED) is 0.362. The summed E-state index contributed by atoms with van der Waals surface area (Å²) >= 11 is 0. The highest BCUT2D eigenvalue weighted by atomic mass is 16.6. The Hall–Kier alpha value is -1.75. The summed E-state index contributed by atoms with van der Waals surface area (Å²) in [5, 5.41) is 51.0. The van der Waals surface area contributed by atoms with Gasteiger partial charge in [-0.2, -0.15) is 0 Å². The Morgan fingerprint density at radius 1 is 1.25 bits per heavy atom. The Morgan fingerprint density at radius 3 is 2.54 bits per heavy atom. The van der Waals surface area contributed by atoms with Gasteiger partial charge in [0.1, 0.15) is 24.9 Å². The van der Waals surface area contributed by atoms with E-state index in [1.807, 2.05) is 6.07 Å². The molecule has 0 aliphatic carbocycles. The van der Waals surface area contributed by atoms with Gasteiger partial charge in [0, 0.05) is 0 Å². The van der Waals surface area contributed by atoms with E-state index >= 15 is 0 Å². The number of carbonyl (C=O) groups excluding carboxylic acids is 1. The van der Waals surface area contributed by atoms with Gasteiger partial charge >= 0.3 is 6.09 Å². The third-order valence-electron chi connectivity index (χ3n) is 3.86. The minimum atomic E-state index is -2.35. The van der Waals surface area contributed by atoms with E-state index in [0.717, 1.165) is 5.56 Å². The van der Waals surface area contributed by atoms with Crippen molar-refractivity contribution in [3.05, 3.63) is 35.9 Å². The highest BCUT2D eigenvalue weighted by Gasteiger charge is 2.54. The predicted octanol–water partition coefficient (Wildman–Crippen LogP) is -1.92. The summed E-state index contributed by atoms with van der Waals surface area (Å²) in [6, 6.07) is 8.90. The van der Waals surface area contributed by atoms with Gasteiger partial charge < -0.3 is 40.3 Å². The lowest BCUT2D eigenvalue weighted by atomic mass is 9.86. The summed E-state index contributed by atoms with van der Waals surface area (Å²) in [5.74, 6) is 0. The number of aliphatic hydroxyl groups excluding tert-OH is 4. The van der Waals surface area contributed by atoms with Crippen LogP contribution in [0.3, 0.4) is 0 Å². The van der Waals surface area contributed by atoms with Gasteiger partial charge in [-0.1, -0.05) is 30.3 Å². The number of nitrogens with one attached hydrogen (secondary N) is 1. The van der Waals surface area contributed by atoms with Crippen molar-refractivity contribution in [2.45, 2.75) is 36.8 Å². The highest BCUT2D eigenvalue weighted by Crippen LogP contribution is 2.28. The van der Waals surface area contributed by atoms with Crippen LogP contribution in [-0.2, 0) is 16.1 Å². The summed E-state index contributed by atoms with van der Waals surface area (Å²) in [7, 11) is 0. The van der Waals surface area contributed by atoms with Crippen LogP contribution in [0.2, 0.25) is 0 Å². The smallest absolute Gasteiger partial charge is 0.407 e. The van der Waals surface area contributed by atoms with E-state index in [2.05, 4.69) is 5.32 Å². The molecule has 24 heavy (non-hydrogen) atoms. The van der Waals surface area contributed by atoms with Gasteiger partial charge in [-0.25, -0.2) is 4.79 Å². The average Bonchev–Trinajstić information content (AvgIpc) is 2.60. The molecule has 134 valence electrons. The monoisotopic (exact) mass is 343 g/mol. The molecule has 1 fully saturated rings. The Balaban J connectivity index is 1.88. The standard InChI is InChI=1S/C15H21NO8/c17-6-10-11(18)12(19)15(22,13(20)24-10)8-16-14(21)23-7-9-4-2-1-3-5-9/h1-5,10-13,17-20,22H,6-8H2,(H,16,21)/t10-,11+,12+,13-,15-/m1/s1. The Labute approximate surface area is 138 Å². The van der Waals surface area contributed by atoms with Crippen molar-refractivity contribution in [3.8, 4) is 0 Å². The Bertz CT molecular complexity index is 542. The fraction of sp³-hybridized carbons (Fsp3) is 0.533. The van der Waals surface area contributed by atoms with Crippen LogP contribution in [0.1, 0.15) is 5.56 Å². The lowest BCUT2D eigenvalue weighted by Gasteiger charge is -2.45. The van der Waals surface area contributed by atoms with E-state index in [9.17, 15) is 25.2 Å². The number of alkyl carbamates (subject to hydrolysis) is 1. The zero-order chi connectivity index (χ0) is 17.7. The largest absolute Gasteiger partial charge is 0.445 e. The SMILES string of the molecule is O=C(NC[C@]1(O)[C@H](O)O[C@H](CO)[C@H](O)[C@@H]1O)OCc1ccccc1. The molecule has 1 aromatic rings. The molecule has 9 heteroatoms. The molecular formula is C15H21NO8. The maximum Gasteiger partial charge on any atom is 0.407 e. The number of aliphatic hydroxyl groups is 5. The molecule has 1 aliphatic heterocycles. The van der Waals surface area contributed by atoms with Crippen LogP contribution in [0.15, 0.2) is 30.3 Å². The van der Waals surface area contributed by atoms with Crippen LogP contribution < -0.4 is 5.32 Å². The Morgan fingerprint density at radius 2 is 1.92 bits per heavy atom. The lowest BCUT2D eigenvalue weighted by molar-refractivity contribution is -0.326. The van der Waals surface area contributed by atoms with E-state index in [1.54, 1.807) is 24.3 Å². The van der Waals surface area contributed by atoms with Crippen molar-refractivity contribution in [3.63, 3.8) is 0 Å². The summed E-state index contributed by atoms with van der Waals surface area (Å²) in [6.45, 7) is -1.28.